The molecule has 0 amide bonds. The molecule has 4 aromatic rings. The molecule has 8 nitrogen and oxygen atoms in total. The van der Waals surface area contributed by atoms with Crippen LogP contribution in [0.25, 0.3) is 22.5 Å². The minimum Gasteiger partial charge on any atom is -0.299 e. The zero-order chi connectivity index (χ0) is 28.0. The molecular formula is C30H21Cl2FN6O2. The Bertz CT molecular complexity index is 1940. The molecule has 3 atom stereocenters. The number of aliphatic imine (C=N–C) groups is 1. The topological polar surface area (TPSA) is 95.0 Å². The third kappa shape index (κ3) is 3.94. The van der Waals surface area contributed by atoms with Crippen LogP contribution in [-0.4, -0.2) is 36.0 Å². The first-order valence-electron chi connectivity index (χ1n) is 13.5. The van der Waals surface area contributed by atoms with Gasteiger partial charge in [-0.2, -0.15) is 0 Å². The zero-order valence-electron chi connectivity index (χ0n) is 21.5. The fourth-order valence-electron chi connectivity index (χ4n) is 6.61. The molecule has 0 bridgehead atoms. The summed E-state index contributed by atoms with van der Waals surface area (Å²) in [5.41, 5.74) is 5.17. The van der Waals surface area contributed by atoms with Crippen molar-refractivity contribution < 1.29 is 9.18 Å². The summed E-state index contributed by atoms with van der Waals surface area (Å²) in [6.07, 6.45) is 5.76. The molecule has 2 aromatic heterocycles. The van der Waals surface area contributed by atoms with Gasteiger partial charge in [-0.3, -0.25) is 19.1 Å². The van der Waals surface area contributed by atoms with Crippen molar-refractivity contribution in [3.63, 3.8) is 0 Å². The summed E-state index contributed by atoms with van der Waals surface area (Å²) >= 11 is 12.3. The maximum absolute atomic E-state index is 15.5. The van der Waals surface area contributed by atoms with Gasteiger partial charge in [-0.15, -0.1) is 5.10 Å². The molecule has 4 heterocycles. The lowest BCUT2D eigenvalue weighted by molar-refractivity contribution is -0.118. The van der Waals surface area contributed by atoms with Gasteiger partial charge in [0.2, 0.25) is 0 Å². The lowest BCUT2D eigenvalue weighted by atomic mass is 9.87. The maximum Gasteiger partial charge on any atom is 0.254 e. The molecule has 204 valence electrons. The molecule has 2 aliphatic heterocycles. The van der Waals surface area contributed by atoms with Gasteiger partial charge in [0.1, 0.15) is 17.4 Å². The number of Topliss-reactive ketones (excluding diaryl/α,β-unsaturated/α-hetero) is 1. The highest BCUT2D eigenvalue weighted by Gasteiger charge is 2.55. The van der Waals surface area contributed by atoms with Crippen molar-refractivity contribution in [1.29, 1.82) is 0 Å². The maximum atomic E-state index is 15.5. The summed E-state index contributed by atoms with van der Waals surface area (Å²) < 4.78 is 18.8. The summed E-state index contributed by atoms with van der Waals surface area (Å²) in [4.78, 5) is 35.1. The summed E-state index contributed by atoms with van der Waals surface area (Å²) in [7, 11) is 0. The van der Waals surface area contributed by atoms with Crippen molar-refractivity contribution in [3.8, 4) is 16.9 Å². The lowest BCUT2D eigenvalue weighted by Crippen LogP contribution is -2.30. The van der Waals surface area contributed by atoms with E-state index in [9.17, 15) is 9.59 Å². The largest absolute Gasteiger partial charge is 0.299 e. The van der Waals surface area contributed by atoms with Crippen molar-refractivity contribution in [2.75, 3.05) is 0 Å². The highest BCUT2D eigenvalue weighted by Crippen LogP contribution is 2.59. The molecule has 0 unspecified atom stereocenters. The Balaban J connectivity index is 1.12. The Morgan fingerprint density at radius 2 is 1.88 bits per heavy atom. The van der Waals surface area contributed by atoms with E-state index in [1.807, 2.05) is 6.07 Å². The second-order valence-electron chi connectivity index (χ2n) is 11.0. The second kappa shape index (κ2) is 9.03. The number of benzene rings is 2. The van der Waals surface area contributed by atoms with Gasteiger partial charge in [0.15, 0.2) is 5.15 Å². The number of carbonyl (C=O) groups excluding carboxylic acids is 1. The van der Waals surface area contributed by atoms with Crippen molar-refractivity contribution in [1.82, 2.24) is 24.5 Å². The third-order valence-corrected chi connectivity index (χ3v) is 9.02. The first-order valence-corrected chi connectivity index (χ1v) is 14.2. The van der Waals surface area contributed by atoms with Gasteiger partial charge in [0.05, 0.1) is 23.6 Å². The number of halogens is 3. The molecule has 0 spiro atoms. The Morgan fingerprint density at radius 1 is 1.00 bits per heavy atom. The lowest BCUT2D eigenvalue weighted by Gasteiger charge is -2.20. The van der Waals surface area contributed by atoms with Gasteiger partial charge in [-0.25, -0.2) is 14.1 Å². The van der Waals surface area contributed by atoms with E-state index in [4.69, 9.17) is 33.2 Å². The van der Waals surface area contributed by atoms with Gasteiger partial charge in [-0.05, 0) is 53.7 Å². The van der Waals surface area contributed by atoms with Crippen LogP contribution in [0.5, 0.6) is 0 Å². The smallest absolute Gasteiger partial charge is 0.254 e. The number of hydrogen-bond acceptors (Lipinski definition) is 6. The second-order valence-corrected chi connectivity index (χ2v) is 11.9. The van der Waals surface area contributed by atoms with Crippen molar-refractivity contribution in [2.45, 2.75) is 44.1 Å². The first kappa shape index (κ1) is 24.8. The molecule has 1 saturated carbocycles. The van der Waals surface area contributed by atoms with Gasteiger partial charge < -0.3 is 0 Å². The van der Waals surface area contributed by atoms with E-state index in [0.717, 1.165) is 29.1 Å². The number of carbonyl (C=O) groups is 1. The molecule has 0 radical (unpaired) electrons. The number of aromatic nitrogens is 5. The molecule has 1 fully saturated rings. The monoisotopic (exact) mass is 586 g/mol. The van der Waals surface area contributed by atoms with E-state index < -0.39 is 0 Å². The highest BCUT2D eigenvalue weighted by molar-refractivity contribution is 6.31. The molecule has 11 heteroatoms. The summed E-state index contributed by atoms with van der Waals surface area (Å²) in [6, 6.07) is 10.2. The number of fused-ring (bicyclic) bond motifs is 4. The Morgan fingerprint density at radius 3 is 2.71 bits per heavy atom. The van der Waals surface area contributed by atoms with Crippen LogP contribution < -0.4 is 5.56 Å². The van der Waals surface area contributed by atoms with Crippen LogP contribution in [-0.2, 0) is 17.6 Å². The van der Waals surface area contributed by atoms with E-state index >= 15 is 4.39 Å². The van der Waals surface area contributed by atoms with E-state index in [1.54, 1.807) is 41.2 Å². The average molecular weight is 587 g/mol. The van der Waals surface area contributed by atoms with Crippen molar-refractivity contribution >= 4 is 40.3 Å². The van der Waals surface area contributed by atoms with E-state index in [0.29, 0.717) is 52.4 Å². The number of hydrogen-bond donors (Lipinski definition) is 0. The van der Waals surface area contributed by atoms with Crippen LogP contribution in [0.15, 0.2) is 58.6 Å². The predicted octanol–water partition coefficient (Wildman–Crippen LogP) is 5.54. The summed E-state index contributed by atoms with van der Waals surface area (Å²) in [6.45, 7) is 0. The van der Waals surface area contributed by atoms with Crippen LogP contribution in [0, 0.1) is 11.7 Å². The SMILES string of the molecule is O=C1CCc2c(ccc(C3=CN=C([C@@H]4[C@H]5C[C@H]5c5nc(-c6cc(Cl)ccc6-n6cc(Cl)nn6)cc(=O)n54)C3)c2F)C1. The first-order chi connectivity index (χ1) is 19.9. The molecule has 0 N–H and O–H groups in total. The zero-order valence-corrected chi connectivity index (χ0v) is 23.0. The minimum atomic E-state index is -0.261. The van der Waals surface area contributed by atoms with Crippen LogP contribution in [0.2, 0.25) is 10.2 Å². The molecule has 8 rings (SSSR count). The number of nitrogens with zero attached hydrogens (tertiary/aromatic N) is 6. The highest BCUT2D eigenvalue weighted by atomic mass is 35.5. The standard InChI is InChI=1S/C30H21Cl2FN6O2/c31-16-2-6-25(38-13-26(32)36-37-38)22(9-16)23-11-27(41)39-29(20-10-21(20)30(39)35-23)24-8-15(12-34-24)19-4-1-14-7-17(40)3-5-18(14)28(19)33/h1-2,4,6,9,11-13,20-21,29H,3,5,7-8,10H2/t20-,21+,29-/m0/s1. The quantitative estimate of drug-likeness (QED) is 0.313. The van der Waals surface area contributed by atoms with Gasteiger partial charge in [0.25, 0.3) is 5.56 Å². The Labute approximate surface area is 243 Å². The predicted molar refractivity (Wildman–Crippen MR) is 152 cm³/mol. The molecule has 2 aliphatic carbocycles. The summed E-state index contributed by atoms with van der Waals surface area (Å²) in [5.74, 6) is 0.991. The Hall–Kier alpha value is -3.95. The molecular weight excluding hydrogens is 566 g/mol. The molecule has 2 aromatic carbocycles. The van der Waals surface area contributed by atoms with Crippen molar-refractivity contribution in [2.24, 2.45) is 10.9 Å². The average Bonchev–Trinajstić information content (AvgIpc) is 3.24. The van der Waals surface area contributed by atoms with E-state index in [2.05, 4.69) is 10.3 Å². The van der Waals surface area contributed by atoms with Crippen LogP contribution >= 0.6 is 23.2 Å². The van der Waals surface area contributed by atoms with E-state index in [-0.39, 0.29) is 46.6 Å². The molecule has 4 aliphatic rings. The van der Waals surface area contributed by atoms with Gasteiger partial charge in [-0.1, -0.05) is 40.5 Å². The van der Waals surface area contributed by atoms with Crippen molar-refractivity contribution in [3.05, 3.63) is 97.7 Å². The number of allylic oxidation sites excluding steroid dienone is 1. The third-order valence-electron chi connectivity index (χ3n) is 8.61. The summed E-state index contributed by atoms with van der Waals surface area (Å²) in [5, 5.41) is 8.67. The minimum absolute atomic E-state index is 0.144. The van der Waals surface area contributed by atoms with Crippen LogP contribution in [0.1, 0.15) is 53.7 Å². The van der Waals surface area contributed by atoms with Crippen LogP contribution in [0.3, 0.4) is 0 Å². The number of ketones is 1. The molecule has 0 saturated heterocycles. The molecule has 41 heavy (non-hydrogen) atoms. The fraction of sp³-hybridized carbons (Fsp3) is 0.267. The van der Waals surface area contributed by atoms with E-state index in [1.165, 1.54) is 10.7 Å². The normalized spacial score (nSPS) is 22.2. The number of rotatable bonds is 4. The van der Waals surface area contributed by atoms with Gasteiger partial charge >= 0.3 is 0 Å². The van der Waals surface area contributed by atoms with Crippen LogP contribution in [0.4, 0.5) is 4.39 Å². The Kier molecular flexibility index (Phi) is 5.46. The fourth-order valence-corrected chi connectivity index (χ4v) is 6.91. The van der Waals surface area contributed by atoms with Gasteiger partial charge in [0, 0.05) is 59.3 Å².